The van der Waals surface area contributed by atoms with Crippen molar-refractivity contribution < 1.29 is 38.1 Å². The fraction of sp³-hybridized carbons (Fsp3) is 0.303. The zero-order chi connectivity index (χ0) is 29.5. The van der Waals surface area contributed by atoms with Crippen LogP contribution in [0.4, 0.5) is 0 Å². The van der Waals surface area contributed by atoms with Gasteiger partial charge in [0.05, 0.1) is 30.9 Å². The molecule has 2 aromatic rings. The van der Waals surface area contributed by atoms with Gasteiger partial charge in [-0.05, 0) is 106 Å². The zero-order valence-corrected chi connectivity index (χ0v) is 23.6. The van der Waals surface area contributed by atoms with Gasteiger partial charge in [0.25, 0.3) is 0 Å². The van der Waals surface area contributed by atoms with E-state index in [4.69, 9.17) is 23.7 Å². The number of unbranched alkanes of at least 4 members (excludes halogenated alkanes) is 3. The van der Waals surface area contributed by atoms with Crippen molar-refractivity contribution in [1.29, 1.82) is 0 Å². The molecule has 0 fully saturated rings. The number of hydrogen-bond acceptors (Lipinski definition) is 8. The van der Waals surface area contributed by atoms with Gasteiger partial charge in [-0.25, -0.2) is 14.4 Å². The Morgan fingerprint density at radius 3 is 1.98 bits per heavy atom. The molecule has 0 unspecified atom stereocenters. The first-order chi connectivity index (χ1) is 19.9. The van der Waals surface area contributed by atoms with Crippen molar-refractivity contribution in [2.24, 2.45) is 0 Å². The first-order valence-electron chi connectivity index (χ1n) is 13.6. The molecule has 0 N–H and O–H groups in total. The molecule has 1 aliphatic carbocycles. The lowest BCUT2D eigenvalue weighted by atomic mass is 10.2. The number of esters is 3. The molecule has 0 aromatic heterocycles. The molecule has 8 heteroatoms. The smallest absolute Gasteiger partial charge is 0.343 e. The second-order valence-electron chi connectivity index (χ2n) is 9.26. The third-order valence-electron chi connectivity index (χ3n) is 5.92. The standard InChI is InChI=1S/C33H36O8/c1-4-31(34)39-21-9-7-6-8-20-38-28-16-12-26(13-17-28)33(36)41-30-19-18-29(22-24(3)23-30)40-32(35)25-10-14-27(15-11-25)37-5-2/h4,10-19,23H,1,5-9,20-22H2,2-3H3. The Bertz CT molecular complexity index is 1280. The number of ether oxygens (including phenoxy) is 5. The molecule has 0 spiro atoms. The summed E-state index contributed by atoms with van der Waals surface area (Å²) < 4.78 is 27.3. The van der Waals surface area contributed by atoms with Crippen molar-refractivity contribution in [3.63, 3.8) is 0 Å². The van der Waals surface area contributed by atoms with Crippen LogP contribution in [0.2, 0.25) is 0 Å². The van der Waals surface area contributed by atoms with Gasteiger partial charge in [-0.15, -0.1) is 0 Å². The Balaban J connectivity index is 1.45. The van der Waals surface area contributed by atoms with E-state index < -0.39 is 17.9 Å². The summed E-state index contributed by atoms with van der Waals surface area (Å²) in [6.45, 7) is 8.61. The number of rotatable bonds is 15. The normalized spacial score (nSPS) is 12.6. The number of allylic oxidation sites excluding steroid dienone is 4. The Labute approximate surface area is 240 Å². The van der Waals surface area contributed by atoms with Gasteiger partial charge in [-0.1, -0.05) is 12.2 Å². The monoisotopic (exact) mass is 560 g/mol. The van der Waals surface area contributed by atoms with Crippen molar-refractivity contribution >= 4 is 17.9 Å². The second-order valence-corrected chi connectivity index (χ2v) is 9.26. The van der Waals surface area contributed by atoms with Gasteiger partial charge in [0, 0.05) is 12.5 Å². The quantitative estimate of drug-likeness (QED) is 0.101. The first kappa shape index (κ1) is 30.9. The third kappa shape index (κ3) is 10.8. The van der Waals surface area contributed by atoms with Crippen molar-refractivity contribution in [3.8, 4) is 11.5 Å². The van der Waals surface area contributed by atoms with E-state index in [1.54, 1.807) is 66.8 Å². The SMILES string of the molecule is C=CC(=O)OCCCCCCOc1ccc(C(=O)OC2=CC=C(OC(=O)c3ccc(OCC)cc3)CC(C)=C2)cc1. The molecule has 3 rings (SSSR count). The highest BCUT2D eigenvalue weighted by molar-refractivity contribution is 5.91. The van der Waals surface area contributed by atoms with Crippen molar-refractivity contribution in [2.45, 2.75) is 46.0 Å². The van der Waals surface area contributed by atoms with Crippen LogP contribution in [0.15, 0.2) is 96.5 Å². The lowest BCUT2D eigenvalue weighted by Crippen LogP contribution is -2.05. The maximum absolute atomic E-state index is 12.7. The molecule has 2 aromatic carbocycles. The lowest BCUT2D eigenvalue weighted by molar-refractivity contribution is -0.137. The van der Waals surface area contributed by atoms with Crippen LogP contribution in [-0.2, 0) is 19.0 Å². The molecular formula is C33H36O8. The maximum Gasteiger partial charge on any atom is 0.343 e. The predicted molar refractivity (Wildman–Crippen MR) is 155 cm³/mol. The highest BCUT2D eigenvalue weighted by Crippen LogP contribution is 2.23. The Morgan fingerprint density at radius 1 is 0.780 bits per heavy atom. The van der Waals surface area contributed by atoms with Gasteiger partial charge in [0.2, 0.25) is 0 Å². The van der Waals surface area contributed by atoms with Crippen LogP contribution < -0.4 is 9.47 Å². The van der Waals surface area contributed by atoms with Gasteiger partial charge in [-0.3, -0.25) is 0 Å². The van der Waals surface area contributed by atoms with Gasteiger partial charge >= 0.3 is 17.9 Å². The molecule has 216 valence electrons. The molecular weight excluding hydrogens is 524 g/mol. The number of carbonyl (C=O) groups excluding carboxylic acids is 3. The molecule has 0 amide bonds. The molecule has 0 saturated heterocycles. The topological polar surface area (TPSA) is 97.4 Å². The van der Waals surface area contributed by atoms with Gasteiger partial charge in [0.15, 0.2) is 0 Å². The zero-order valence-electron chi connectivity index (χ0n) is 23.6. The maximum atomic E-state index is 12.7. The summed E-state index contributed by atoms with van der Waals surface area (Å²) in [6.07, 6.45) is 10.1. The van der Waals surface area contributed by atoms with E-state index >= 15 is 0 Å². The molecule has 1 aliphatic rings. The van der Waals surface area contributed by atoms with Crippen LogP contribution in [-0.4, -0.2) is 37.7 Å². The van der Waals surface area contributed by atoms with E-state index in [1.165, 1.54) is 0 Å². The van der Waals surface area contributed by atoms with Crippen molar-refractivity contribution in [3.05, 3.63) is 108 Å². The summed E-state index contributed by atoms with van der Waals surface area (Å²) in [6, 6.07) is 13.5. The number of benzene rings is 2. The second kappa shape index (κ2) is 16.5. The number of hydrogen-bond donors (Lipinski definition) is 0. The van der Waals surface area contributed by atoms with Crippen LogP contribution >= 0.6 is 0 Å². The minimum Gasteiger partial charge on any atom is -0.494 e. The highest BCUT2D eigenvalue weighted by Gasteiger charge is 2.15. The molecule has 41 heavy (non-hydrogen) atoms. The predicted octanol–water partition coefficient (Wildman–Crippen LogP) is 6.89. The summed E-state index contributed by atoms with van der Waals surface area (Å²) in [4.78, 5) is 36.3. The minimum absolute atomic E-state index is 0.346. The average Bonchev–Trinajstić information content (AvgIpc) is 3.14. The van der Waals surface area contributed by atoms with E-state index in [0.717, 1.165) is 37.3 Å². The fourth-order valence-electron chi connectivity index (χ4n) is 3.85. The highest BCUT2D eigenvalue weighted by atomic mass is 16.5. The van der Waals surface area contributed by atoms with Crippen molar-refractivity contribution in [2.75, 3.05) is 19.8 Å². The summed E-state index contributed by atoms with van der Waals surface area (Å²) in [7, 11) is 0. The Hall–Kier alpha value is -4.59. The molecule has 0 bridgehead atoms. The molecule has 0 radical (unpaired) electrons. The summed E-state index contributed by atoms with van der Waals surface area (Å²) >= 11 is 0. The summed E-state index contributed by atoms with van der Waals surface area (Å²) in [5.74, 6) is 0.751. The molecule has 0 heterocycles. The van der Waals surface area contributed by atoms with E-state index in [-0.39, 0.29) is 0 Å². The largest absolute Gasteiger partial charge is 0.494 e. The van der Waals surface area contributed by atoms with Crippen LogP contribution in [0.1, 0.15) is 66.7 Å². The Kier molecular flexibility index (Phi) is 12.5. The minimum atomic E-state index is -0.507. The average molecular weight is 561 g/mol. The van der Waals surface area contributed by atoms with Gasteiger partial charge < -0.3 is 23.7 Å². The lowest BCUT2D eigenvalue weighted by Gasteiger charge is -2.09. The van der Waals surface area contributed by atoms with Crippen LogP contribution in [0.5, 0.6) is 11.5 Å². The van der Waals surface area contributed by atoms with E-state index in [1.807, 2.05) is 13.8 Å². The van der Waals surface area contributed by atoms with Crippen LogP contribution in [0, 0.1) is 0 Å². The summed E-state index contributed by atoms with van der Waals surface area (Å²) in [5, 5.41) is 0. The molecule has 8 nitrogen and oxygen atoms in total. The van der Waals surface area contributed by atoms with E-state index in [9.17, 15) is 14.4 Å². The van der Waals surface area contributed by atoms with Crippen LogP contribution in [0.25, 0.3) is 0 Å². The molecule has 0 atom stereocenters. The number of carbonyl (C=O) groups is 3. The van der Waals surface area contributed by atoms with E-state index in [2.05, 4.69) is 6.58 Å². The molecule has 0 aliphatic heterocycles. The van der Waals surface area contributed by atoms with Gasteiger partial charge in [0.1, 0.15) is 23.0 Å². The van der Waals surface area contributed by atoms with Crippen LogP contribution in [0.3, 0.4) is 0 Å². The molecule has 0 saturated carbocycles. The van der Waals surface area contributed by atoms with E-state index in [0.29, 0.717) is 60.4 Å². The Morgan fingerprint density at radius 2 is 1.37 bits per heavy atom. The fourth-order valence-corrected chi connectivity index (χ4v) is 3.85. The van der Waals surface area contributed by atoms with Gasteiger partial charge in [-0.2, -0.15) is 0 Å². The van der Waals surface area contributed by atoms with Crippen molar-refractivity contribution in [1.82, 2.24) is 0 Å². The summed E-state index contributed by atoms with van der Waals surface area (Å²) in [5.41, 5.74) is 1.66. The third-order valence-corrected chi connectivity index (χ3v) is 5.92. The first-order valence-corrected chi connectivity index (χ1v) is 13.6.